The molecule has 2 aromatic carbocycles. The molecule has 0 N–H and O–H groups in total. The number of esters is 1. The molecular weight excluding hydrogens is 356 g/mol. The summed E-state index contributed by atoms with van der Waals surface area (Å²) in [5.74, 6) is -0.465. The number of amides is 1. The summed E-state index contributed by atoms with van der Waals surface area (Å²) in [6, 6.07) is 12.6. The molecule has 0 saturated carbocycles. The van der Waals surface area contributed by atoms with Crippen molar-refractivity contribution in [2.24, 2.45) is 5.92 Å². The molecule has 0 aliphatic carbocycles. The fourth-order valence-corrected chi connectivity index (χ4v) is 3.30. The van der Waals surface area contributed by atoms with Gasteiger partial charge in [-0.3, -0.25) is 9.59 Å². The molecule has 1 fully saturated rings. The summed E-state index contributed by atoms with van der Waals surface area (Å²) in [6.07, 6.45) is 0.150. The van der Waals surface area contributed by atoms with Crippen molar-refractivity contribution in [1.82, 2.24) is 4.98 Å². The first-order valence-corrected chi connectivity index (χ1v) is 8.47. The predicted octanol–water partition coefficient (Wildman–Crippen LogP) is 3.67. The molecule has 2 heterocycles. The lowest BCUT2D eigenvalue weighted by atomic mass is 10.1. The van der Waals surface area contributed by atoms with E-state index in [1.807, 2.05) is 12.1 Å². The van der Waals surface area contributed by atoms with E-state index in [2.05, 4.69) is 4.98 Å². The van der Waals surface area contributed by atoms with E-state index in [0.717, 1.165) is 5.56 Å². The van der Waals surface area contributed by atoms with Gasteiger partial charge in [-0.15, -0.1) is 0 Å². The van der Waals surface area contributed by atoms with Crippen LogP contribution < -0.4 is 4.90 Å². The molecule has 0 unspecified atom stereocenters. The Bertz CT molecular complexity index is 1010. The quantitative estimate of drug-likeness (QED) is 0.658. The molecular formula is C19H15ClN2O4. The summed E-state index contributed by atoms with van der Waals surface area (Å²) in [6.45, 7) is 0.302. The van der Waals surface area contributed by atoms with Crippen molar-refractivity contribution in [3.63, 3.8) is 0 Å². The second kappa shape index (κ2) is 6.46. The van der Waals surface area contributed by atoms with Crippen LogP contribution in [0.4, 0.5) is 5.69 Å². The lowest BCUT2D eigenvalue weighted by Gasteiger charge is -2.16. The zero-order valence-electron chi connectivity index (χ0n) is 13.9. The highest BCUT2D eigenvalue weighted by atomic mass is 35.5. The van der Waals surface area contributed by atoms with Crippen LogP contribution in [0.15, 0.2) is 46.9 Å². The van der Waals surface area contributed by atoms with Crippen molar-refractivity contribution in [3.8, 4) is 11.5 Å². The summed E-state index contributed by atoms with van der Waals surface area (Å²) in [4.78, 5) is 30.0. The SMILES string of the molecule is COC(=O)[C@H]1CC(=O)N(c2ccc3oc(-c4cccc(Cl)c4)nc3c2)C1. The zero-order valence-corrected chi connectivity index (χ0v) is 14.7. The van der Waals surface area contributed by atoms with E-state index in [1.54, 1.807) is 35.2 Å². The molecule has 132 valence electrons. The molecule has 1 saturated heterocycles. The van der Waals surface area contributed by atoms with Crippen LogP contribution in [0.3, 0.4) is 0 Å². The molecule has 6 nitrogen and oxygen atoms in total. The maximum Gasteiger partial charge on any atom is 0.311 e. The monoisotopic (exact) mass is 370 g/mol. The summed E-state index contributed by atoms with van der Waals surface area (Å²) in [5.41, 5.74) is 2.70. The Morgan fingerprint density at radius 2 is 2.15 bits per heavy atom. The molecule has 0 bridgehead atoms. The molecule has 1 amide bonds. The van der Waals surface area contributed by atoms with Gasteiger partial charge in [0.05, 0.1) is 13.0 Å². The highest BCUT2D eigenvalue weighted by Crippen LogP contribution is 2.31. The zero-order chi connectivity index (χ0) is 18.3. The maximum absolute atomic E-state index is 12.3. The molecule has 3 aromatic rings. The number of methoxy groups -OCH3 is 1. The first-order chi connectivity index (χ1) is 12.5. The van der Waals surface area contributed by atoms with Gasteiger partial charge in [0.25, 0.3) is 0 Å². The van der Waals surface area contributed by atoms with E-state index in [-0.39, 0.29) is 18.3 Å². The Hall–Kier alpha value is -2.86. The summed E-state index contributed by atoms with van der Waals surface area (Å²) >= 11 is 6.02. The van der Waals surface area contributed by atoms with Gasteiger partial charge in [0.15, 0.2) is 5.58 Å². The number of nitrogens with zero attached hydrogens (tertiary/aromatic N) is 2. The smallest absolute Gasteiger partial charge is 0.311 e. The topological polar surface area (TPSA) is 72.6 Å². The molecule has 0 radical (unpaired) electrons. The van der Waals surface area contributed by atoms with Crippen molar-refractivity contribution in [3.05, 3.63) is 47.5 Å². The van der Waals surface area contributed by atoms with Crippen LogP contribution in [0.1, 0.15) is 6.42 Å². The van der Waals surface area contributed by atoms with Crippen LogP contribution >= 0.6 is 11.6 Å². The number of hydrogen-bond acceptors (Lipinski definition) is 5. The van der Waals surface area contributed by atoms with Crippen molar-refractivity contribution in [1.29, 1.82) is 0 Å². The standard InChI is InChI=1S/C19H15ClN2O4/c1-25-19(24)12-8-17(23)22(10-12)14-5-6-16-15(9-14)21-18(26-16)11-3-2-4-13(20)7-11/h2-7,9,12H,8,10H2,1H3/t12-/m0/s1. The van der Waals surface area contributed by atoms with Crippen molar-refractivity contribution in [2.75, 3.05) is 18.6 Å². The number of aromatic nitrogens is 1. The van der Waals surface area contributed by atoms with Gasteiger partial charge in [-0.25, -0.2) is 4.98 Å². The number of oxazole rings is 1. The minimum Gasteiger partial charge on any atom is -0.469 e. The van der Waals surface area contributed by atoms with Gasteiger partial charge in [-0.2, -0.15) is 0 Å². The third kappa shape index (κ3) is 2.93. The molecule has 0 spiro atoms. The van der Waals surface area contributed by atoms with Crippen molar-refractivity contribution >= 4 is 40.3 Å². The number of halogens is 1. The number of carbonyl (C=O) groups excluding carboxylic acids is 2. The molecule has 26 heavy (non-hydrogen) atoms. The number of anilines is 1. The van der Waals surface area contributed by atoms with Crippen LogP contribution in [-0.4, -0.2) is 30.5 Å². The highest BCUT2D eigenvalue weighted by molar-refractivity contribution is 6.30. The van der Waals surface area contributed by atoms with Crippen LogP contribution in [0.25, 0.3) is 22.6 Å². The third-order valence-electron chi connectivity index (χ3n) is 4.41. The van der Waals surface area contributed by atoms with Crippen LogP contribution in [-0.2, 0) is 14.3 Å². The molecule has 1 atom stereocenters. The van der Waals surface area contributed by atoms with E-state index in [4.69, 9.17) is 20.8 Å². The van der Waals surface area contributed by atoms with E-state index < -0.39 is 5.92 Å². The molecule has 4 rings (SSSR count). The third-order valence-corrected chi connectivity index (χ3v) is 4.65. The van der Waals surface area contributed by atoms with Gasteiger partial charge in [0.1, 0.15) is 5.52 Å². The van der Waals surface area contributed by atoms with Gasteiger partial charge in [0, 0.05) is 29.2 Å². The normalized spacial score (nSPS) is 17.1. The number of hydrogen-bond donors (Lipinski definition) is 0. The first-order valence-electron chi connectivity index (χ1n) is 8.10. The summed E-state index contributed by atoms with van der Waals surface area (Å²) < 4.78 is 10.5. The predicted molar refractivity (Wildman–Crippen MR) is 96.9 cm³/mol. The van der Waals surface area contributed by atoms with Crippen LogP contribution in [0, 0.1) is 5.92 Å². The fourth-order valence-electron chi connectivity index (χ4n) is 3.11. The Kier molecular flexibility index (Phi) is 4.12. The lowest BCUT2D eigenvalue weighted by Crippen LogP contribution is -2.26. The Labute approximate surface area is 154 Å². The number of carbonyl (C=O) groups is 2. The van der Waals surface area contributed by atoms with Crippen LogP contribution in [0.2, 0.25) is 5.02 Å². The average Bonchev–Trinajstić information content (AvgIpc) is 3.24. The van der Waals surface area contributed by atoms with Gasteiger partial charge >= 0.3 is 5.97 Å². The first kappa shape index (κ1) is 16.6. The number of rotatable bonds is 3. The fraction of sp³-hybridized carbons (Fsp3) is 0.211. The molecule has 7 heteroatoms. The average molecular weight is 371 g/mol. The molecule has 1 aliphatic heterocycles. The van der Waals surface area contributed by atoms with E-state index in [1.165, 1.54) is 7.11 Å². The van der Waals surface area contributed by atoms with Gasteiger partial charge in [-0.1, -0.05) is 17.7 Å². The van der Waals surface area contributed by atoms with Crippen molar-refractivity contribution < 1.29 is 18.7 Å². The van der Waals surface area contributed by atoms with E-state index in [9.17, 15) is 9.59 Å². The Morgan fingerprint density at radius 3 is 2.92 bits per heavy atom. The molecule has 1 aliphatic rings. The minimum absolute atomic E-state index is 0.113. The minimum atomic E-state index is -0.442. The molecule has 1 aromatic heterocycles. The highest BCUT2D eigenvalue weighted by Gasteiger charge is 2.36. The van der Waals surface area contributed by atoms with Crippen LogP contribution in [0.5, 0.6) is 0 Å². The van der Waals surface area contributed by atoms with Crippen molar-refractivity contribution in [2.45, 2.75) is 6.42 Å². The largest absolute Gasteiger partial charge is 0.469 e. The van der Waals surface area contributed by atoms with E-state index >= 15 is 0 Å². The second-order valence-electron chi connectivity index (χ2n) is 6.11. The lowest BCUT2D eigenvalue weighted by molar-refractivity contribution is -0.145. The van der Waals surface area contributed by atoms with Gasteiger partial charge in [0.2, 0.25) is 11.8 Å². The maximum atomic E-state index is 12.3. The van der Waals surface area contributed by atoms with Gasteiger partial charge < -0.3 is 14.1 Å². The number of ether oxygens (including phenoxy) is 1. The van der Waals surface area contributed by atoms with Gasteiger partial charge in [-0.05, 0) is 36.4 Å². The number of benzene rings is 2. The van der Waals surface area contributed by atoms with E-state index in [0.29, 0.717) is 34.2 Å². The number of fused-ring (bicyclic) bond motifs is 1. The summed E-state index contributed by atoms with van der Waals surface area (Å²) in [7, 11) is 1.33. The summed E-state index contributed by atoms with van der Waals surface area (Å²) in [5, 5.41) is 0.599. The Balaban J connectivity index is 1.66. The Morgan fingerprint density at radius 1 is 1.31 bits per heavy atom. The second-order valence-corrected chi connectivity index (χ2v) is 6.55.